The van der Waals surface area contributed by atoms with Crippen LogP contribution in [0.1, 0.15) is 35.2 Å². The van der Waals surface area contributed by atoms with E-state index in [1.54, 1.807) is 43.5 Å². The van der Waals surface area contributed by atoms with Gasteiger partial charge in [0.2, 0.25) is 0 Å². The summed E-state index contributed by atoms with van der Waals surface area (Å²) in [4.78, 5) is 12.6. The molecule has 0 aliphatic carbocycles. The van der Waals surface area contributed by atoms with E-state index in [9.17, 15) is 9.90 Å². The molecule has 0 aliphatic rings. The summed E-state index contributed by atoms with van der Waals surface area (Å²) in [7, 11) is 4.58. The number of phenolic OH excluding ortho intramolecular Hbond substituents is 1. The van der Waals surface area contributed by atoms with Crippen molar-refractivity contribution in [3.05, 3.63) is 47.5 Å². The first-order valence-electron chi connectivity index (χ1n) is 7.62. The highest BCUT2D eigenvalue weighted by Crippen LogP contribution is 2.36. The van der Waals surface area contributed by atoms with Gasteiger partial charge in [-0.25, -0.2) is 0 Å². The van der Waals surface area contributed by atoms with Crippen LogP contribution in [0.3, 0.4) is 0 Å². The molecule has 1 unspecified atom stereocenters. The van der Waals surface area contributed by atoms with Crippen LogP contribution < -0.4 is 14.2 Å². The maximum atomic E-state index is 12.6. The number of hydrogen-bond donors (Lipinski definition) is 1. The Morgan fingerprint density at radius 1 is 1.00 bits per heavy atom. The van der Waals surface area contributed by atoms with Crippen LogP contribution in [0.4, 0.5) is 0 Å². The number of aromatic hydroxyl groups is 1. The van der Waals surface area contributed by atoms with Crippen molar-refractivity contribution >= 4 is 5.78 Å². The van der Waals surface area contributed by atoms with E-state index in [1.807, 2.05) is 6.92 Å². The predicted molar refractivity (Wildman–Crippen MR) is 91.6 cm³/mol. The SMILES string of the molecule is COc1ccc(C(=O)CC(C)c2cccc(OC)c2O)cc1OC. The van der Waals surface area contributed by atoms with Gasteiger partial charge in [-0.05, 0) is 30.2 Å². The van der Waals surface area contributed by atoms with Gasteiger partial charge in [-0.1, -0.05) is 19.1 Å². The Morgan fingerprint density at radius 2 is 1.67 bits per heavy atom. The first kappa shape index (κ1) is 17.7. The number of rotatable bonds is 7. The van der Waals surface area contributed by atoms with Gasteiger partial charge in [-0.15, -0.1) is 0 Å². The van der Waals surface area contributed by atoms with Crippen LogP contribution in [0.25, 0.3) is 0 Å². The van der Waals surface area contributed by atoms with E-state index in [1.165, 1.54) is 14.2 Å². The van der Waals surface area contributed by atoms with Gasteiger partial charge in [-0.2, -0.15) is 0 Å². The molecule has 0 radical (unpaired) electrons. The number of para-hydroxylation sites is 1. The van der Waals surface area contributed by atoms with Crippen LogP contribution in [-0.2, 0) is 0 Å². The molecule has 5 nitrogen and oxygen atoms in total. The molecule has 1 N–H and O–H groups in total. The van der Waals surface area contributed by atoms with Crippen molar-refractivity contribution in [2.45, 2.75) is 19.3 Å². The highest BCUT2D eigenvalue weighted by atomic mass is 16.5. The molecule has 2 aromatic carbocycles. The molecule has 5 heteroatoms. The molecule has 0 fully saturated rings. The van der Waals surface area contributed by atoms with Crippen LogP contribution in [0.5, 0.6) is 23.0 Å². The topological polar surface area (TPSA) is 65.0 Å². The fraction of sp³-hybridized carbons (Fsp3) is 0.316. The summed E-state index contributed by atoms with van der Waals surface area (Å²) in [6.45, 7) is 1.90. The molecule has 0 aliphatic heterocycles. The second-order valence-corrected chi connectivity index (χ2v) is 5.50. The van der Waals surface area contributed by atoms with Gasteiger partial charge in [-0.3, -0.25) is 4.79 Å². The van der Waals surface area contributed by atoms with Gasteiger partial charge in [0, 0.05) is 17.5 Å². The van der Waals surface area contributed by atoms with Crippen molar-refractivity contribution in [3.8, 4) is 23.0 Å². The van der Waals surface area contributed by atoms with E-state index in [0.717, 1.165) is 0 Å². The summed E-state index contributed by atoms with van der Waals surface area (Å²) in [5.74, 6) is 1.38. The minimum atomic E-state index is -0.152. The molecule has 0 saturated carbocycles. The Hall–Kier alpha value is -2.69. The number of ketones is 1. The number of carbonyl (C=O) groups is 1. The highest BCUT2D eigenvalue weighted by molar-refractivity contribution is 5.97. The predicted octanol–water partition coefficient (Wildman–Crippen LogP) is 3.79. The van der Waals surface area contributed by atoms with E-state index >= 15 is 0 Å². The fourth-order valence-corrected chi connectivity index (χ4v) is 2.62. The minimum Gasteiger partial charge on any atom is -0.504 e. The summed E-state index contributed by atoms with van der Waals surface area (Å²) < 4.78 is 15.5. The van der Waals surface area contributed by atoms with Crippen LogP contribution in [0.2, 0.25) is 0 Å². The standard InChI is InChI=1S/C19H22O5/c1-12(14-6-5-7-17(23-3)19(14)21)10-15(20)13-8-9-16(22-2)18(11-13)24-4/h5-9,11-12,21H,10H2,1-4H3. The Labute approximate surface area is 141 Å². The number of methoxy groups -OCH3 is 3. The van der Waals surface area contributed by atoms with Gasteiger partial charge in [0.05, 0.1) is 21.3 Å². The fourth-order valence-electron chi connectivity index (χ4n) is 2.62. The number of carbonyl (C=O) groups excluding carboxylic acids is 1. The van der Waals surface area contributed by atoms with E-state index in [4.69, 9.17) is 14.2 Å². The maximum Gasteiger partial charge on any atom is 0.163 e. The summed E-state index contributed by atoms with van der Waals surface area (Å²) in [6.07, 6.45) is 0.260. The van der Waals surface area contributed by atoms with Crippen molar-refractivity contribution in [1.82, 2.24) is 0 Å². The summed E-state index contributed by atoms with van der Waals surface area (Å²) in [6, 6.07) is 10.4. The number of ether oxygens (including phenoxy) is 3. The van der Waals surface area contributed by atoms with Crippen molar-refractivity contribution in [1.29, 1.82) is 0 Å². The Kier molecular flexibility index (Phi) is 5.68. The number of hydrogen-bond acceptors (Lipinski definition) is 5. The first-order chi connectivity index (χ1) is 11.5. The van der Waals surface area contributed by atoms with Crippen LogP contribution in [0.15, 0.2) is 36.4 Å². The van der Waals surface area contributed by atoms with Crippen LogP contribution in [-0.4, -0.2) is 32.2 Å². The van der Waals surface area contributed by atoms with Gasteiger partial charge < -0.3 is 19.3 Å². The van der Waals surface area contributed by atoms with E-state index in [-0.39, 0.29) is 23.9 Å². The number of Topliss-reactive ketones (excluding diaryl/α,β-unsaturated/α-hetero) is 1. The highest BCUT2D eigenvalue weighted by Gasteiger charge is 2.19. The van der Waals surface area contributed by atoms with Gasteiger partial charge >= 0.3 is 0 Å². The minimum absolute atomic E-state index is 0.0364. The third-order valence-corrected chi connectivity index (χ3v) is 3.98. The molecule has 0 amide bonds. The van der Waals surface area contributed by atoms with E-state index in [2.05, 4.69) is 0 Å². The lowest BCUT2D eigenvalue weighted by Crippen LogP contribution is -2.06. The molecule has 2 rings (SSSR count). The molecule has 2 aromatic rings. The van der Waals surface area contributed by atoms with Crippen molar-refractivity contribution in [2.75, 3.05) is 21.3 Å². The average molecular weight is 330 g/mol. The van der Waals surface area contributed by atoms with Gasteiger partial charge in [0.1, 0.15) is 0 Å². The van der Waals surface area contributed by atoms with Crippen molar-refractivity contribution < 1.29 is 24.1 Å². The zero-order valence-electron chi connectivity index (χ0n) is 14.3. The molecule has 1 atom stereocenters. The summed E-state index contributed by atoms with van der Waals surface area (Å²) >= 11 is 0. The molecule has 128 valence electrons. The Bertz CT molecular complexity index is 724. The lowest BCUT2D eigenvalue weighted by Gasteiger charge is -2.15. The third kappa shape index (κ3) is 3.62. The largest absolute Gasteiger partial charge is 0.504 e. The lowest BCUT2D eigenvalue weighted by molar-refractivity contribution is 0.0975. The van der Waals surface area contributed by atoms with Gasteiger partial charge in [0.25, 0.3) is 0 Å². The molecular formula is C19H22O5. The second-order valence-electron chi connectivity index (χ2n) is 5.50. The van der Waals surface area contributed by atoms with E-state index in [0.29, 0.717) is 28.4 Å². The maximum absolute atomic E-state index is 12.6. The second kappa shape index (κ2) is 7.73. The molecular weight excluding hydrogens is 308 g/mol. The number of benzene rings is 2. The molecule has 24 heavy (non-hydrogen) atoms. The Morgan fingerprint density at radius 3 is 2.29 bits per heavy atom. The van der Waals surface area contributed by atoms with Crippen LogP contribution in [0, 0.1) is 0 Å². The quantitative estimate of drug-likeness (QED) is 0.782. The van der Waals surface area contributed by atoms with Crippen molar-refractivity contribution in [3.63, 3.8) is 0 Å². The molecule has 0 aromatic heterocycles. The molecule has 0 bridgehead atoms. The zero-order chi connectivity index (χ0) is 17.7. The molecule has 0 heterocycles. The van der Waals surface area contributed by atoms with Crippen LogP contribution >= 0.6 is 0 Å². The average Bonchev–Trinajstić information content (AvgIpc) is 2.60. The molecule has 0 saturated heterocycles. The van der Waals surface area contributed by atoms with Crippen molar-refractivity contribution in [2.24, 2.45) is 0 Å². The van der Waals surface area contributed by atoms with Gasteiger partial charge in [0.15, 0.2) is 28.8 Å². The number of phenols is 1. The Balaban J connectivity index is 2.20. The monoisotopic (exact) mass is 330 g/mol. The lowest BCUT2D eigenvalue weighted by atomic mass is 9.92. The smallest absolute Gasteiger partial charge is 0.163 e. The molecule has 0 spiro atoms. The van der Waals surface area contributed by atoms with E-state index < -0.39 is 0 Å². The normalized spacial score (nSPS) is 11.7. The zero-order valence-corrected chi connectivity index (χ0v) is 14.3. The third-order valence-electron chi connectivity index (χ3n) is 3.98. The first-order valence-corrected chi connectivity index (χ1v) is 7.62. The summed E-state index contributed by atoms with van der Waals surface area (Å²) in [5, 5.41) is 10.2. The summed E-state index contributed by atoms with van der Waals surface area (Å²) in [5.41, 5.74) is 1.23.